The highest BCUT2D eigenvalue weighted by molar-refractivity contribution is 5.96. The Kier molecular flexibility index (Phi) is 4.52. The van der Waals surface area contributed by atoms with Crippen molar-refractivity contribution in [2.45, 2.75) is 6.18 Å². The summed E-state index contributed by atoms with van der Waals surface area (Å²) in [6.07, 6.45) is -4.43. The highest BCUT2D eigenvalue weighted by Gasteiger charge is 2.30. The highest BCUT2D eigenvalue weighted by atomic mass is 19.4. The predicted octanol–water partition coefficient (Wildman–Crippen LogP) is 1.52. The van der Waals surface area contributed by atoms with E-state index in [2.05, 4.69) is 5.32 Å². The lowest BCUT2D eigenvalue weighted by Gasteiger charge is -2.11. The molecule has 7 heteroatoms. The molecular formula is C12H13F3N2O2. The number of hydrogen-bond acceptors (Lipinski definition) is 2. The molecule has 0 radical (unpaired) electrons. The SMILES string of the molecule is CN(C)C(=O)CNC(=O)c1ccc(C(F)(F)F)cc1. The van der Waals surface area contributed by atoms with Crippen molar-refractivity contribution in [3.05, 3.63) is 35.4 Å². The second-order valence-electron chi connectivity index (χ2n) is 4.05. The first kappa shape index (κ1) is 15.0. The molecule has 1 N–H and O–H groups in total. The van der Waals surface area contributed by atoms with E-state index in [0.717, 1.165) is 24.3 Å². The summed E-state index contributed by atoms with van der Waals surface area (Å²) in [7, 11) is 3.07. The zero-order chi connectivity index (χ0) is 14.6. The standard InChI is InChI=1S/C12H13F3N2O2/c1-17(2)10(18)7-16-11(19)8-3-5-9(6-4-8)12(13,14)15/h3-6H,7H2,1-2H3,(H,16,19). The summed E-state index contributed by atoms with van der Waals surface area (Å²) < 4.78 is 36.9. The zero-order valence-electron chi connectivity index (χ0n) is 10.4. The van der Waals surface area contributed by atoms with Crippen LogP contribution in [0.15, 0.2) is 24.3 Å². The van der Waals surface area contributed by atoms with Crippen LogP contribution >= 0.6 is 0 Å². The van der Waals surface area contributed by atoms with Crippen molar-refractivity contribution in [2.75, 3.05) is 20.6 Å². The summed E-state index contributed by atoms with van der Waals surface area (Å²) >= 11 is 0. The number of nitrogens with zero attached hydrogens (tertiary/aromatic N) is 1. The monoisotopic (exact) mass is 274 g/mol. The number of amides is 2. The number of rotatable bonds is 3. The molecule has 0 bridgehead atoms. The normalized spacial score (nSPS) is 11.0. The third-order valence-corrected chi connectivity index (χ3v) is 2.37. The Balaban J connectivity index is 2.66. The van der Waals surface area contributed by atoms with Gasteiger partial charge in [0, 0.05) is 19.7 Å². The van der Waals surface area contributed by atoms with Gasteiger partial charge in [0.05, 0.1) is 12.1 Å². The topological polar surface area (TPSA) is 49.4 Å². The quantitative estimate of drug-likeness (QED) is 0.908. The minimum atomic E-state index is -4.43. The third-order valence-electron chi connectivity index (χ3n) is 2.37. The molecule has 1 rings (SSSR count). The second-order valence-corrected chi connectivity index (χ2v) is 4.05. The molecule has 4 nitrogen and oxygen atoms in total. The van der Waals surface area contributed by atoms with Gasteiger partial charge in [-0.15, -0.1) is 0 Å². The molecule has 0 aliphatic heterocycles. The van der Waals surface area contributed by atoms with Gasteiger partial charge < -0.3 is 10.2 Å². The van der Waals surface area contributed by atoms with Crippen LogP contribution in [0.5, 0.6) is 0 Å². The zero-order valence-corrected chi connectivity index (χ0v) is 10.4. The molecule has 0 saturated carbocycles. The molecule has 0 aromatic heterocycles. The number of halogens is 3. The predicted molar refractivity (Wildman–Crippen MR) is 62.5 cm³/mol. The van der Waals surface area contributed by atoms with Crippen LogP contribution in [0.4, 0.5) is 13.2 Å². The minimum absolute atomic E-state index is 0.0690. The van der Waals surface area contributed by atoms with Crippen LogP contribution in [0.3, 0.4) is 0 Å². The first-order chi connectivity index (χ1) is 8.71. The van der Waals surface area contributed by atoms with Gasteiger partial charge in [-0.3, -0.25) is 9.59 Å². The van der Waals surface area contributed by atoms with Gasteiger partial charge in [-0.1, -0.05) is 0 Å². The number of carbonyl (C=O) groups excluding carboxylic acids is 2. The number of nitrogens with one attached hydrogen (secondary N) is 1. The van der Waals surface area contributed by atoms with E-state index in [0.29, 0.717) is 0 Å². The maximum atomic E-state index is 12.3. The number of carbonyl (C=O) groups is 2. The molecule has 0 unspecified atom stereocenters. The van der Waals surface area contributed by atoms with E-state index in [1.54, 1.807) is 0 Å². The molecule has 1 aromatic carbocycles. The molecule has 0 spiro atoms. The molecule has 19 heavy (non-hydrogen) atoms. The van der Waals surface area contributed by atoms with Crippen molar-refractivity contribution < 1.29 is 22.8 Å². The van der Waals surface area contributed by atoms with Gasteiger partial charge in [0.15, 0.2) is 0 Å². The highest BCUT2D eigenvalue weighted by Crippen LogP contribution is 2.28. The Morgan fingerprint density at radius 1 is 1.16 bits per heavy atom. The summed E-state index contributed by atoms with van der Waals surface area (Å²) in [6, 6.07) is 3.78. The van der Waals surface area contributed by atoms with Gasteiger partial charge in [0.1, 0.15) is 0 Å². The van der Waals surface area contributed by atoms with Crippen LogP contribution in [-0.2, 0) is 11.0 Å². The van der Waals surface area contributed by atoms with Crippen molar-refractivity contribution in [1.82, 2.24) is 10.2 Å². The Morgan fingerprint density at radius 2 is 1.68 bits per heavy atom. The fraction of sp³-hybridized carbons (Fsp3) is 0.333. The number of benzene rings is 1. The lowest BCUT2D eigenvalue weighted by atomic mass is 10.1. The van der Waals surface area contributed by atoms with Gasteiger partial charge in [-0.05, 0) is 24.3 Å². The van der Waals surface area contributed by atoms with E-state index >= 15 is 0 Å². The average molecular weight is 274 g/mol. The number of alkyl halides is 3. The lowest BCUT2D eigenvalue weighted by Crippen LogP contribution is -2.36. The van der Waals surface area contributed by atoms with Crippen molar-refractivity contribution in [2.24, 2.45) is 0 Å². The Morgan fingerprint density at radius 3 is 2.11 bits per heavy atom. The molecule has 1 aromatic rings. The lowest BCUT2D eigenvalue weighted by molar-refractivity contribution is -0.137. The first-order valence-corrected chi connectivity index (χ1v) is 5.37. The molecule has 0 aliphatic carbocycles. The van der Waals surface area contributed by atoms with E-state index in [1.807, 2.05) is 0 Å². The Labute approximate surface area is 108 Å². The van der Waals surface area contributed by atoms with Crippen molar-refractivity contribution in [3.63, 3.8) is 0 Å². The first-order valence-electron chi connectivity index (χ1n) is 5.37. The smallest absolute Gasteiger partial charge is 0.347 e. The maximum Gasteiger partial charge on any atom is 0.416 e. The largest absolute Gasteiger partial charge is 0.416 e. The molecule has 0 saturated heterocycles. The summed E-state index contributed by atoms with van der Waals surface area (Å²) in [5.41, 5.74) is -0.757. The number of likely N-dealkylation sites (N-methyl/N-ethyl adjacent to an activating group) is 1. The van der Waals surface area contributed by atoms with Crippen LogP contribution in [0, 0.1) is 0 Å². The maximum absolute atomic E-state index is 12.3. The molecule has 2 amide bonds. The fourth-order valence-corrected chi connectivity index (χ4v) is 1.23. The van der Waals surface area contributed by atoms with E-state index in [4.69, 9.17) is 0 Å². The van der Waals surface area contributed by atoms with E-state index < -0.39 is 17.6 Å². The van der Waals surface area contributed by atoms with E-state index in [1.165, 1.54) is 19.0 Å². The Bertz CT molecular complexity index is 467. The molecule has 104 valence electrons. The number of hydrogen-bond donors (Lipinski definition) is 1. The van der Waals surface area contributed by atoms with Gasteiger partial charge in [0.25, 0.3) is 5.91 Å². The van der Waals surface area contributed by atoms with Crippen LogP contribution in [0.25, 0.3) is 0 Å². The average Bonchev–Trinajstić information content (AvgIpc) is 2.34. The molecule has 0 fully saturated rings. The summed E-state index contributed by atoms with van der Waals surface area (Å²) in [5.74, 6) is -0.899. The van der Waals surface area contributed by atoms with Crippen LogP contribution in [0.1, 0.15) is 15.9 Å². The van der Waals surface area contributed by atoms with Gasteiger partial charge in [0.2, 0.25) is 5.91 Å². The van der Waals surface area contributed by atoms with Crippen molar-refractivity contribution in [3.8, 4) is 0 Å². The van der Waals surface area contributed by atoms with Gasteiger partial charge in [-0.25, -0.2) is 0 Å². The summed E-state index contributed by atoms with van der Waals surface area (Å²) in [4.78, 5) is 24.1. The van der Waals surface area contributed by atoms with Gasteiger partial charge >= 0.3 is 6.18 Å². The van der Waals surface area contributed by atoms with Crippen LogP contribution in [0.2, 0.25) is 0 Å². The second kappa shape index (κ2) is 5.73. The van der Waals surface area contributed by atoms with Crippen LogP contribution in [-0.4, -0.2) is 37.4 Å². The minimum Gasteiger partial charge on any atom is -0.347 e. The fourth-order valence-electron chi connectivity index (χ4n) is 1.23. The van der Waals surface area contributed by atoms with E-state index in [-0.39, 0.29) is 18.0 Å². The van der Waals surface area contributed by atoms with Gasteiger partial charge in [-0.2, -0.15) is 13.2 Å². The Hall–Kier alpha value is -2.05. The molecular weight excluding hydrogens is 261 g/mol. The summed E-state index contributed by atoms with van der Waals surface area (Å²) in [5, 5.41) is 2.33. The molecule has 0 heterocycles. The molecule has 0 aliphatic rings. The molecule has 0 atom stereocenters. The van der Waals surface area contributed by atoms with Crippen molar-refractivity contribution in [1.29, 1.82) is 0 Å². The van der Waals surface area contributed by atoms with Crippen LogP contribution < -0.4 is 5.32 Å². The third kappa shape index (κ3) is 4.27. The van der Waals surface area contributed by atoms with E-state index in [9.17, 15) is 22.8 Å². The summed E-state index contributed by atoms with van der Waals surface area (Å²) in [6.45, 7) is -0.202. The van der Waals surface area contributed by atoms with Crippen molar-refractivity contribution >= 4 is 11.8 Å².